The molecule has 2 aromatic heterocycles. The number of sulfonamides is 1. The molecule has 2 aromatic carbocycles. The second kappa shape index (κ2) is 17.0. The van der Waals surface area contributed by atoms with E-state index >= 15 is 8.78 Å². The Morgan fingerprint density at radius 2 is 1.75 bits per heavy atom. The largest absolute Gasteiger partial charge is 0.516 e. The van der Waals surface area contributed by atoms with Crippen molar-refractivity contribution in [3.63, 3.8) is 0 Å². The standard InChI is InChI=1S/C37H40F5N7O7S/c1-53-35-30(47-57(51,52)37(40,41)42)18-24(20-43-35)32-28-19-26(38)16-25(33(28)45-36(44-32)49-11-14-54-15-12-49)21-48-9-7-22(8-10-48)27-6-5-23(17-29(27)39)34(50)46-56-31-4-2-3-13-55-31/h5-6,16-20,22,31,47H,2-4,7-15,21H2,1H3,(H,46,50). The Hall–Kier alpha value is -4.76. The third kappa shape index (κ3) is 9.19. The summed E-state index contributed by atoms with van der Waals surface area (Å²) in [6.45, 7) is 3.48. The number of morpholine rings is 1. The molecular formula is C37H40F5N7O7S. The number of nitrogens with one attached hydrogen (secondary N) is 2. The van der Waals surface area contributed by atoms with Crippen LogP contribution < -0.4 is 19.8 Å². The summed E-state index contributed by atoms with van der Waals surface area (Å²) in [6.07, 6.45) is 4.35. The number of hydrogen-bond donors (Lipinski definition) is 2. The van der Waals surface area contributed by atoms with Crippen molar-refractivity contribution < 1.29 is 54.2 Å². The molecular weight excluding hydrogens is 782 g/mol. The summed E-state index contributed by atoms with van der Waals surface area (Å²) < 4.78 is 112. The maximum absolute atomic E-state index is 15.5. The molecule has 3 aliphatic heterocycles. The minimum Gasteiger partial charge on any atom is -0.480 e. The van der Waals surface area contributed by atoms with Crippen LogP contribution in [0.2, 0.25) is 0 Å². The zero-order valence-electron chi connectivity index (χ0n) is 30.8. The molecule has 0 bridgehead atoms. The highest BCUT2D eigenvalue weighted by molar-refractivity contribution is 7.93. The Bertz CT molecular complexity index is 2210. The van der Waals surface area contributed by atoms with Crippen molar-refractivity contribution in [1.82, 2.24) is 25.3 Å². The molecule has 0 radical (unpaired) electrons. The molecule has 14 nitrogen and oxygen atoms in total. The molecule has 2 N–H and O–H groups in total. The lowest BCUT2D eigenvalue weighted by molar-refractivity contribution is -0.186. The fourth-order valence-corrected chi connectivity index (χ4v) is 7.70. The predicted molar refractivity (Wildman–Crippen MR) is 197 cm³/mol. The molecule has 0 spiro atoms. The number of anilines is 2. The summed E-state index contributed by atoms with van der Waals surface area (Å²) in [5.74, 6) is -2.02. The highest BCUT2D eigenvalue weighted by Crippen LogP contribution is 2.37. The lowest BCUT2D eigenvalue weighted by atomic mass is 9.88. The number of fused-ring (bicyclic) bond motifs is 1. The number of nitrogens with zero attached hydrogens (tertiary/aromatic N) is 5. The van der Waals surface area contributed by atoms with E-state index in [1.807, 2.05) is 4.90 Å². The highest BCUT2D eigenvalue weighted by atomic mass is 32.2. The van der Waals surface area contributed by atoms with Crippen LogP contribution in [0.25, 0.3) is 22.2 Å². The number of hydrogen-bond acceptors (Lipinski definition) is 12. The summed E-state index contributed by atoms with van der Waals surface area (Å²) in [7, 11) is -4.73. The Kier molecular flexibility index (Phi) is 12.1. The summed E-state index contributed by atoms with van der Waals surface area (Å²) in [5, 5.41) is 0.219. The van der Waals surface area contributed by atoms with Gasteiger partial charge in [0.1, 0.15) is 17.3 Å². The molecule has 57 heavy (non-hydrogen) atoms. The van der Waals surface area contributed by atoms with Gasteiger partial charge in [-0.1, -0.05) is 6.07 Å². The zero-order chi connectivity index (χ0) is 40.3. The molecule has 0 aliphatic carbocycles. The number of halogens is 5. The minimum atomic E-state index is -5.85. The van der Waals surface area contributed by atoms with Gasteiger partial charge in [-0.25, -0.2) is 34.1 Å². The van der Waals surface area contributed by atoms with E-state index in [0.717, 1.165) is 26.0 Å². The molecule has 3 saturated heterocycles. The van der Waals surface area contributed by atoms with Crippen LogP contribution in [0, 0.1) is 11.6 Å². The molecule has 5 heterocycles. The first-order chi connectivity index (χ1) is 27.3. The van der Waals surface area contributed by atoms with Gasteiger partial charge in [0.2, 0.25) is 11.8 Å². The fourth-order valence-electron chi connectivity index (χ4n) is 7.14. The second-order valence-electron chi connectivity index (χ2n) is 13.9. The SMILES string of the molecule is COc1ncc(-c2nc(N3CCOCC3)nc3c(CN4CCC(c5ccc(C(=O)NOC6CCCCO6)cc5F)CC4)cc(F)cc23)cc1NS(=O)(=O)C(F)(F)F. The minimum absolute atomic E-state index is 0.0752. The van der Waals surface area contributed by atoms with Gasteiger partial charge in [-0.15, -0.1) is 0 Å². The van der Waals surface area contributed by atoms with Crippen LogP contribution in [-0.2, 0) is 30.9 Å². The summed E-state index contributed by atoms with van der Waals surface area (Å²) in [6, 6.07) is 8.01. The van der Waals surface area contributed by atoms with Crippen molar-refractivity contribution >= 4 is 38.5 Å². The number of aromatic nitrogens is 3. The molecule has 4 aromatic rings. The van der Waals surface area contributed by atoms with E-state index in [9.17, 15) is 26.4 Å². The van der Waals surface area contributed by atoms with Gasteiger partial charge in [0.15, 0.2) is 6.29 Å². The monoisotopic (exact) mass is 821 g/mol. The normalized spacial score (nSPS) is 18.8. The third-order valence-corrected chi connectivity index (χ3v) is 11.2. The van der Waals surface area contributed by atoms with Gasteiger partial charge in [0.05, 0.1) is 31.5 Å². The summed E-state index contributed by atoms with van der Waals surface area (Å²) in [4.78, 5) is 35.5. The topological polar surface area (TPSA) is 157 Å². The van der Waals surface area contributed by atoms with Crippen LogP contribution >= 0.6 is 0 Å². The van der Waals surface area contributed by atoms with Crippen molar-refractivity contribution in [3.8, 4) is 17.1 Å². The van der Waals surface area contributed by atoms with Gasteiger partial charge in [0.25, 0.3) is 5.91 Å². The van der Waals surface area contributed by atoms with Gasteiger partial charge in [-0.2, -0.15) is 21.6 Å². The predicted octanol–water partition coefficient (Wildman–Crippen LogP) is 5.64. The second-order valence-corrected chi connectivity index (χ2v) is 15.6. The molecule has 1 amide bonds. The van der Waals surface area contributed by atoms with E-state index in [-0.39, 0.29) is 40.6 Å². The van der Waals surface area contributed by atoms with Crippen LogP contribution in [0.5, 0.6) is 5.88 Å². The van der Waals surface area contributed by atoms with E-state index in [0.29, 0.717) is 81.9 Å². The van der Waals surface area contributed by atoms with E-state index < -0.39 is 50.9 Å². The van der Waals surface area contributed by atoms with Gasteiger partial charge in [0, 0.05) is 55.4 Å². The number of carbonyl (C=O) groups is 1. The summed E-state index contributed by atoms with van der Waals surface area (Å²) >= 11 is 0. The van der Waals surface area contributed by atoms with Crippen LogP contribution in [0.3, 0.4) is 0 Å². The molecule has 3 fully saturated rings. The quantitative estimate of drug-likeness (QED) is 0.142. The first kappa shape index (κ1) is 40.4. The number of ether oxygens (including phenoxy) is 3. The first-order valence-corrected chi connectivity index (χ1v) is 19.8. The van der Waals surface area contributed by atoms with E-state index in [1.54, 1.807) is 12.1 Å². The van der Waals surface area contributed by atoms with Crippen molar-refractivity contribution in [3.05, 3.63) is 70.9 Å². The van der Waals surface area contributed by atoms with Crippen molar-refractivity contribution in [2.45, 2.75) is 56.4 Å². The highest BCUT2D eigenvalue weighted by Gasteiger charge is 2.46. The molecule has 1 unspecified atom stereocenters. The number of piperidine rings is 1. The molecule has 7 rings (SSSR count). The number of rotatable bonds is 11. The number of methoxy groups -OCH3 is 1. The maximum atomic E-state index is 15.5. The Morgan fingerprint density at radius 3 is 2.44 bits per heavy atom. The average Bonchev–Trinajstić information content (AvgIpc) is 3.20. The smallest absolute Gasteiger partial charge is 0.480 e. The maximum Gasteiger partial charge on any atom is 0.516 e. The zero-order valence-corrected chi connectivity index (χ0v) is 31.6. The first-order valence-electron chi connectivity index (χ1n) is 18.4. The molecule has 3 aliphatic rings. The molecule has 0 saturated carbocycles. The Labute approximate surface area is 324 Å². The summed E-state index contributed by atoms with van der Waals surface area (Å²) in [5.41, 5.74) is -2.23. The number of likely N-dealkylation sites (tertiary alicyclic amines) is 1. The number of carbonyl (C=O) groups excluding carboxylic acids is 1. The van der Waals surface area contributed by atoms with Crippen LogP contribution in [0.1, 0.15) is 59.5 Å². The van der Waals surface area contributed by atoms with Crippen LogP contribution in [-0.4, -0.2) is 99.1 Å². The Morgan fingerprint density at radius 1 is 0.982 bits per heavy atom. The van der Waals surface area contributed by atoms with Crippen LogP contribution in [0.15, 0.2) is 42.6 Å². The number of hydroxylamine groups is 1. The number of benzene rings is 2. The number of alkyl halides is 3. The molecule has 306 valence electrons. The average molecular weight is 822 g/mol. The third-order valence-electron chi connectivity index (χ3n) is 10.1. The van der Waals surface area contributed by atoms with Gasteiger partial charge >= 0.3 is 15.5 Å². The van der Waals surface area contributed by atoms with E-state index in [2.05, 4.69) is 15.4 Å². The van der Waals surface area contributed by atoms with Crippen molar-refractivity contribution in [1.29, 1.82) is 0 Å². The van der Waals surface area contributed by atoms with E-state index in [4.69, 9.17) is 29.0 Å². The van der Waals surface area contributed by atoms with Crippen molar-refractivity contribution in [2.75, 3.05) is 62.7 Å². The lowest BCUT2D eigenvalue weighted by Crippen LogP contribution is -2.37. The fraction of sp³-hybridized carbons (Fsp3) is 0.459. The number of pyridine rings is 1. The van der Waals surface area contributed by atoms with E-state index in [1.165, 1.54) is 29.1 Å². The van der Waals surface area contributed by atoms with Crippen LogP contribution in [0.4, 0.5) is 33.6 Å². The van der Waals surface area contributed by atoms with Gasteiger partial charge < -0.3 is 19.1 Å². The van der Waals surface area contributed by atoms with Gasteiger partial charge in [-0.3, -0.25) is 14.4 Å². The molecule has 20 heteroatoms. The van der Waals surface area contributed by atoms with Gasteiger partial charge in [-0.05, 0) is 86.1 Å². The number of amides is 1. The Balaban J connectivity index is 1.13. The lowest BCUT2D eigenvalue weighted by Gasteiger charge is -2.32. The van der Waals surface area contributed by atoms with Crippen molar-refractivity contribution in [2.24, 2.45) is 0 Å². The molecule has 1 atom stereocenters.